The minimum atomic E-state index is -0.540. The highest BCUT2D eigenvalue weighted by Gasteiger charge is 2.13. The molecule has 0 fully saturated rings. The van der Waals surface area contributed by atoms with Crippen LogP contribution in [0.5, 0.6) is 5.75 Å². The molecule has 0 aliphatic carbocycles. The summed E-state index contributed by atoms with van der Waals surface area (Å²) in [6, 6.07) is 11.0. The number of amides is 1. The van der Waals surface area contributed by atoms with Crippen LogP contribution in [0, 0.1) is 5.82 Å². The molecular weight excluding hydrogens is 426 g/mol. The van der Waals surface area contributed by atoms with E-state index in [1.54, 1.807) is 35.9 Å². The molecule has 0 radical (unpaired) electrons. The fraction of sp³-hybridized carbons (Fsp3) is 0.167. The van der Waals surface area contributed by atoms with Crippen molar-refractivity contribution in [3.05, 3.63) is 64.2 Å². The fourth-order valence-corrected chi connectivity index (χ4v) is 3.21. The van der Waals surface area contributed by atoms with Crippen LogP contribution in [-0.2, 0) is 18.4 Å². The molecule has 10 heteroatoms. The average molecular weight is 441 g/mol. The quantitative estimate of drug-likeness (QED) is 0.544. The standard InChI is InChI=1S/C18H15Cl2FN4O2S/c1-25-16(9-27-13-5-2-11(19)3-6-13)23-24-18(25)28-10-17(26)22-12-4-7-15(21)14(20)8-12/h2-8H,9-10H2,1H3,(H,22,26). The maximum Gasteiger partial charge on any atom is 0.234 e. The summed E-state index contributed by atoms with van der Waals surface area (Å²) in [7, 11) is 1.79. The fourth-order valence-electron chi connectivity index (χ4n) is 2.18. The van der Waals surface area contributed by atoms with Gasteiger partial charge in [0.25, 0.3) is 0 Å². The molecule has 0 spiro atoms. The molecule has 0 saturated heterocycles. The number of rotatable bonds is 7. The van der Waals surface area contributed by atoms with Crippen LogP contribution in [-0.4, -0.2) is 26.4 Å². The van der Waals surface area contributed by atoms with Gasteiger partial charge in [-0.3, -0.25) is 4.79 Å². The lowest BCUT2D eigenvalue weighted by atomic mass is 10.3. The average Bonchev–Trinajstić information content (AvgIpc) is 3.02. The number of nitrogens with zero attached hydrogens (tertiary/aromatic N) is 3. The van der Waals surface area contributed by atoms with Crippen LogP contribution in [0.3, 0.4) is 0 Å². The Morgan fingerprint density at radius 1 is 1.21 bits per heavy atom. The predicted molar refractivity (Wildman–Crippen MR) is 108 cm³/mol. The highest BCUT2D eigenvalue weighted by atomic mass is 35.5. The summed E-state index contributed by atoms with van der Waals surface area (Å²) < 4.78 is 20.6. The van der Waals surface area contributed by atoms with Crippen LogP contribution in [0.15, 0.2) is 47.6 Å². The van der Waals surface area contributed by atoms with Crippen molar-refractivity contribution in [1.82, 2.24) is 14.8 Å². The van der Waals surface area contributed by atoms with Gasteiger partial charge in [-0.25, -0.2) is 4.39 Å². The van der Waals surface area contributed by atoms with Crippen LogP contribution in [0.25, 0.3) is 0 Å². The molecular formula is C18H15Cl2FN4O2S. The monoisotopic (exact) mass is 440 g/mol. The summed E-state index contributed by atoms with van der Waals surface area (Å²) >= 11 is 12.8. The van der Waals surface area contributed by atoms with Crippen molar-refractivity contribution in [1.29, 1.82) is 0 Å². The Bertz CT molecular complexity index is 982. The summed E-state index contributed by atoms with van der Waals surface area (Å²) in [6.45, 7) is 0.228. The predicted octanol–water partition coefficient (Wildman–Crippen LogP) is 4.57. The number of carbonyl (C=O) groups is 1. The highest BCUT2D eigenvalue weighted by molar-refractivity contribution is 7.99. The third-order valence-corrected chi connectivity index (χ3v) is 5.20. The van der Waals surface area contributed by atoms with E-state index < -0.39 is 5.82 Å². The summed E-state index contributed by atoms with van der Waals surface area (Å²) in [4.78, 5) is 12.1. The normalized spacial score (nSPS) is 10.7. The number of nitrogens with one attached hydrogen (secondary N) is 1. The van der Waals surface area contributed by atoms with E-state index in [4.69, 9.17) is 27.9 Å². The number of carbonyl (C=O) groups excluding carboxylic acids is 1. The van der Waals surface area contributed by atoms with E-state index in [0.717, 1.165) is 0 Å². The first-order valence-corrected chi connectivity index (χ1v) is 9.81. The first-order valence-electron chi connectivity index (χ1n) is 8.06. The van der Waals surface area contributed by atoms with E-state index in [1.807, 2.05) is 0 Å². The topological polar surface area (TPSA) is 69.0 Å². The largest absolute Gasteiger partial charge is 0.486 e. The second-order valence-corrected chi connectivity index (χ2v) is 7.45. The third-order valence-electron chi connectivity index (χ3n) is 3.64. The molecule has 0 bridgehead atoms. The van der Waals surface area contributed by atoms with E-state index in [0.29, 0.717) is 27.4 Å². The van der Waals surface area contributed by atoms with Gasteiger partial charge in [0.15, 0.2) is 11.0 Å². The van der Waals surface area contributed by atoms with Crippen molar-refractivity contribution in [2.24, 2.45) is 7.05 Å². The summed E-state index contributed by atoms with van der Waals surface area (Å²) in [6.07, 6.45) is 0. The van der Waals surface area contributed by atoms with Crippen molar-refractivity contribution < 1.29 is 13.9 Å². The first kappa shape index (κ1) is 20.4. The maximum absolute atomic E-state index is 13.2. The smallest absolute Gasteiger partial charge is 0.234 e. The van der Waals surface area contributed by atoms with Gasteiger partial charge in [-0.2, -0.15) is 0 Å². The summed E-state index contributed by atoms with van der Waals surface area (Å²) in [5, 5.41) is 12.0. The Balaban J connectivity index is 1.52. The van der Waals surface area contributed by atoms with Gasteiger partial charge in [-0.1, -0.05) is 35.0 Å². The van der Waals surface area contributed by atoms with E-state index >= 15 is 0 Å². The molecule has 0 saturated carbocycles. The summed E-state index contributed by atoms with van der Waals surface area (Å²) in [5.74, 6) is 0.581. The lowest BCUT2D eigenvalue weighted by Gasteiger charge is -2.07. The highest BCUT2D eigenvalue weighted by Crippen LogP contribution is 2.21. The van der Waals surface area contributed by atoms with Gasteiger partial charge in [0.2, 0.25) is 5.91 Å². The van der Waals surface area contributed by atoms with Crippen molar-refractivity contribution in [3.63, 3.8) is 0 Å². The van der Waals surface area contributed by atoms with Gasteiger partial charge in [0, 0.05) is 17.8 Å². The van der Waals surface area contributed by atoms with Crippen LogP contribution in [0.2, 0.25) is 10.0 Å². The molecule has 3 aromatic rings. The SMILES string of the molecule is Cn1c(COc2ccc(Cl)cc2)nnc1SCC(=O)Nc1ccc(F)c(Cl)c1. The van der Waals surface area contributed by atoms with Crippen LogP contribution >= 0.6 is 35.0 Å². The number of halogens is 3. The van der Waals surface area contributed by atoms with Crippen LogP contribution < -0.4 is 10.1 Å². The number of ether oxygens (including phenoxy) is 1. The lowest BCUT2D eigenvalue weighted by molar-refractivity contribution is -0.113. The number of thioether (sulfide) groups is 1. The molecule has 0 aliphatic heterocycles. The van der Waals surface area contributed by atoms with E-state index in [9.17, 15) is 9.18 Å². The molecule has 3 rings (SSSR count). The van der Waals surface area contributed by atoms with Crippen molar-refractivity contribution >= 4 is 46.6 Å². The minimum absolute atomic E-state index is 0.0518. The van der Waals surface area contributed by atoms with E-state index in [1.165, 1.54) is 30.0 Å². The van der Waals surface area contributed by atoms with Gasteiger partial charge >= 0.3 is 0 Å². The molecule has 0 aliphatic rings. The number of hydrogen-bond donors (Lipinski definition) is 1. The molecule has 2 aromatic carbocycles. The lowest BCUT2D eigenvalue weighted by Crippen LogP contribution is -2.14. The Morgan fingerprint density at radius 3 is 2.68 bits per heavy atom. The zero-order valence-electron chi connectivity index (χ0n) is 14.7. The Kier molecular flexibility index (Phi) is 6.77. The zero-order chi connectivity index (χ0) is 20.1. The number of anilines is 1. The van der Waals surface area contributed by atoms with Gasteiger partial charge in [-0.05, 0) is 42.5 Å². The first-order chi connectivity index (χ1) is 13.4. The molecule has 0 unspecified atom stereocenters. The molecule has 1 N–H and O–H groups in total. The second-order valence-electron chi connectivity index (χ2n) is 5.67. The molecule has 1 amide bonds. The van der Waals surface area contributed by atoms with Crippen molar-refractivity contribution in [3.8, 4) is 5.75 Å². The molecule has 0 atom stereocenters. The Labute approximate surface area is 175 Å². The van der Waals surface area contributed by atoms with Crippen LogP contribution in [0.4, 0.5) is 10.1 Å². The second kappa shape index (κ2) is 9.27. The Morgan fingerprint density at radius 2 is 1.96 bits per heavy atom. The van der Waals surface area contributed by atoms with Crippen molar-refractivity contribution in [2.75, 3.05) is 11.1 Å². The van der Waals surface area contributed by atoms with Crippen LogP contribution in [0.1, 0.15) is 5.82 Å². The molecule has 146 valence electrons. The molecule has 1 heterocycles. The number of benzene rings is 2. The summed E-state index contributed by atoms with van der Waals surface area (Å²) in [5.41, 5.74) is 0.423. The van der Waals surface area contributed by atoms with Gasteiger partial charge in [0.05, 0.1) is 10.8 Å². The molecule has 6 nitrogen and oxygen atoms in total. The minimum Gasteiger partial charge on any atom is -0.486 e. The van der Waals surface area contributed by atoms with E-state index in [2.05, 4.69) is 15.5 Å². The van der Waals surface area contributed by atoms with Crippen molar-refractivity contribution in [2.45, 2.75) is 11.8 Å². The van der Waals surface area contributed by atoms with Gasteiger partial charge in [-0.15, -0.1) is 10.2 Å². The number of hydrogen-bond acceptors (Lipinski definition) is 5. The molecule has 28 heavy (non-hydrogen) atoms. The Hall–Kier alpha value is -2.29. The molecule has 1 aromatic heterocycles. The third kappa shape index (κ3) is 5.37. The zero-order valence-corrected chi connectivity index (χ0v) is 17.0. The van der Waals surface area contributed by atoms with Gasteiger partial charge < -0.3 is 14.6 Å². The van der Waals surface area contributed by atoms with E-state index in [-0.39, 0.29) is 23.3 Å². The number of aromatic nitrogens is 3. The maximum atomic E-state index is 13.2. The van der Waals surface area contributed by atoms with Gasteiger partial charge in [0.1, 0.15) is 18.2 Å².